The van der Waals surface area contributed by atoms with Crippen LogP contribution in [0.1, 0.15) is 50.8 Å². The molecule has 1 aliphatic rings. The number of nitrogens with one attached hydrogen (secondary N) is 2. The molecule has 0 aliphatic carbocycles. The van der Waals surface area contributed by atoms with Crippen molar-refractivity contribution >= 4 is 34.3 Å². The summed E-state index contributed by atoms with van der Waals surface area (Å²) in [4.78, 5) is 45.7. The minimum Gasteiger partial charge on any atom is -0.466 e. The number of esters is 2. The van der Waals surface area contributed by atoms with E-state index in [-0.39, 0.29) is 24.6 Å². The number of aromatic nitrogens is 1. The lowest BCUT2D eigenvalue weighted by Crippen LogP contribution is -2.26. The molecule has 1 aromatic heterocycles. The molecule has 31 heavy (non-hydrogen) atoms. The van der Waals surface area contributed by atoms with Gasteiger partial charge in [0, 0.05) is 16.5 Å². The lowest BCUT2D eigenvalue weighted by molar-refractivity contribution is -0.143. The Hall–Kier alpha value is -3.13. The van der Waals surface area contributed by atoms with Gasteiger partial charge in [-0.25, -0.2) is 10.3 Å². The van der Waals surface area contributed by atoms with Crippen molar-refractivity contribution in [3.8, 4) is 0 Å². The maximum absolute atomic E-state index is 12.7. The van der Waals surface area contributed by atoms with E-state index in [4.69, 9.17) is 14.3 Å². The van der Waals surface area contributed by atoms with E-state index in [0.717, 1.165) is 30.2 Å². The minimum atomic E-state index is -0.702. The summed E-state index contributed by atoms with van der Waals surface area (Å²) in [6.45, 7) is 4.10. The Morgan fingerprint density at radius 1 is 1.19 bits per heavy atom. The highest BCUT2D eigenvalue weighted by atomic mass is 16.6. The molecule has 8 heteroatoms. The zero-order valence-electron chi connectivity index (χ0n) is 18.1. The van der Waals surface area contributed by atoms with Crippen LogP contribution in [0.4, 0.5) is 0 Å². The summed E-state index contributed by atoms with van der Waals surface area (Å²) < 4.78 is 10.7. The van der Waals surface area contributed by atoms with Crippen LogP contribution >= 0.6 is 0 Å². The summed E-state index contributed by atoms with van der Waals surface area (Å²) >= 11 is 0. The van der Waals surface area contributed by atoms with Crippen LogP contribution in [0.2, 0.25) is 0 Å². The number of amides is 1. The van der Waals surface area contributed by atoms with Crippen LogP contribution in [-0.4, -0.2) is 42.7 Å². The number of carbonyl (C=O) groups is 3. The van der Waals surface area contributed by atoms with Gasteiger partial charge in [0.15, 0.2) is 0 Å². The number of hydroxylamine groups is 1. The van der Waals surface area contributed by atoms with Gasteiger partial charge in [-0.2, -0.15) is 0 Å². The Morgan fingerprint density at radius 3 is 2.68 bits per heavy atom. The highest BCUT2D eigenvalue weighted by Crippen LogP contribution is 2.38. The summed E-state index contributed by atoms with van der Waals surface area (Å²) in [5, 5.41) is 0.830. The average molecular weight is 428 g/mol. The molecule has 0 bridgehead atoms. The van der Waals surface area contributed by atoms with Crippen LogP contribution in [0.15, 0.2) is 29.8 Å². The Balaban J connectivity index is 2.17. The highest BCUT2D eigenvalue weighted by molar-refractivity contribution is 6.24. The van der Waals surface area contributed by atoms with E-state index in [0.29, 0.717) is 23.3 Å². The Morgan fingerprint density at radius 2 is 1.97 bits per heavy atom. The molecule has 1 amide bonds. The molecule has 1 aliphatic heterocycles. The third-order valence-electron chi connectivity index (χ3n) is 5.25. The Labute approximate surface area is 180 Å². The number of fused-ring (bicyclic) bond motifs is 1. The topological polar surface area (TPSA) is 107 Å². The fourth-order valence-corrected chi connectivity index (χ4v) is 3.92. The largest absolute Gasteiger partial charge is 0.466 e. The van der Waals surface area contributed by atoms with Gasteiger partial charge in [-0.15, -0.1) is 0 Å². The molecule has 2 N–H and O–H groups in total. The second-order valence-corrected chi connectivity index (χ2v) is 7.32. The van der Waals surface area contributed by atoms with Crippen LogP contribution in [0, 0.1) is 0 Å². The van der Waals surface area contributed by atoms with Crippen LogP contribution in [0.5, 0.6) is 0 Å². The number of para-hydroxylation sites is 1. The van der Waals surface area contributed by atoms with Gasteiger partial charge in [0.25, 0.3) is 5.91 Å². The molecule has 0 spiro atoms. The highest BCUT2D eigenvalue weighted by Gasteiger charge is 2.40. The lowest BCUT2D eigenvalue weighted by Gasteiger charge is -2.15. The first-order valence-corrected chi connectivity index (χ1v) is 10.6. The van der Waals surface area contributed by atoms with Gasteiger partial charge in [0.2, 0.25) is 0 Å². The molecule has 0 fully saturated rings. The van der Waals surface area contributed by atoms with Gasteiger partial charge >= 0.3 is 11.9 Å². The monoisotopic (exact) mass is 428 g/mol. The molecule has 0 radical (unpaired) electrons. The molecule has 166 valence electrons. The maximum Gasteiger partial charge on any atom is 0.344 e. The predicted molar refractivity (Wildman–Crippen MR) is 115 cm³/mol. The number of hydrogen-bond donors (Lipinski definition) is 2. The number of cyclic esters (lactones) is 1. The van der Waals surface area contributed by atoms with Crippen molar-refractivity contribution < 1.29 is 28.7 Å². The van der Waals surface area contributed by atoms with Gasteiger partial charge in [-0.05, 0) is 31.4 Å². The quantitative estimate of drug-likeness (QED) is 0.260. The fraction of sp³-hybridized carbons (Fsp3) is 0.435. The van der Waals surface area contributed by atoms with Crippen LogP contribution in [0.25, 0.3) is 16.5 Å². The number of rotatable bonds is 10. The number of aromatic amines is 1. The van der Waals surface area contributed by atoms with E-state index >= 15 is 0 Å². The van der Waals surface area contributed by atoms with Gasteiger partial charge in [0.05, 0.1) is 25.8 Å². The fourth-order valence-electron chi connectivity index (χ4n) is 3.92. The standard InChI is InChI=1S/C23H28N2O6/c1-4-6-7-12-17-19(20(23(28)31-17)22(27)25-29-3)21-15(13-18(26)30-5-2)14-10-8-9-11-16(14)24-21/h8-11,17,24H,4-7,12-13H2,1-3H3,(H,25,27). The first-order valence-electron chi connectivity index (χ1n) is 10.6. The molecule has 2 heterocycles. The number of unbranched alkanes of at least 4 members (excludes halogenated alkanes) is 2. The van der Waals surface area contributed by atoms with E-state index in [1.54, 1.807) is 6.92 Å². The second kappa shape index (κ2) is 10.3. The molecule has 1 aromatic carbocycles. The predicted octanol–water partition coefficient (Wildman–Crippen LogP) is 3.21. The molecule has 1 unspecified atom stereocenters. The summed E-state index contributed by atoms with van der Waals surface area (Å²) in [6.07, 6.45) is 2.81. The van der Waals surface area contributed by atoms with Crippen LogP contribution in [-0.2, 0) is 35.1 Å². The van der Waals surface area contributed by atoms with Gasteiger partial charge in [-0.1, -0.05) is 38.0 Å². The van der Waals surface area contributed by atoms with E-state index in [2.05, 4.69) is 17.4 Å². The van der Waals surface area contributed by atoms with E-state index in [9.17, 15) is 14.4 Å². The third-order valence-corrected chi connectivity index (χ3v) is 5.25. The van der Waals surface area contributed by atoms with Gasteiger partial charge < -0.3 is 14.5 Å². The molecule has 1 atom stereocenters. The average Bonchev–Trinajstić information content (AvgIpc) is 3.26. The summed E-state index contributed by atoms with van der Waals surface area (Å²) in [7, 11) is 1.30. The number of hydrogen-bond acceptors (Lipinski definition) is 6. The van der Waals surface area contributed by atoms with E-state index in [1.807, 2.05) is 24.3 Å². The van der Waals surface area contributed by atoms with Crippen LogP contribution < -0.4 is 5.48 Å². The van der Waals surface area contributed by atoms with Crippen molar-refractivity contribution in [3.05, 3.63) is 41.1 Å². The molecular weight excluding hydrogens is 400 g/mol. The molecule has 0 saturated heterocycles. The van der Waals surface area contributed by atoms with Crippen molar-refractivity contribution in [1.29, 1.82) is 0 Å². The molecule has 0 saturated carbocycles. The van der Waals surface area contributed by atoms with Gasteiger partial charge in [-0.3, -0.25) is 14.4 Å². The molecular formula is C23H28N2O6. The smallest absolute Gasteiger partial charge is 0.344 e. The third kappa shape index (κ3) is 4.80. The number of H-pyrrole nitrogens is 1. The molecule has 3 rings (SSSR count). The summed E-state index contributed by atoms with van der Waals surface area (Å²) in [6, 6.07) is 7.52. The van der Waals surface area contributed by atoms with Crippen LogP contribution in [0.3, 0.4) is 0 Å². The zero-order chi connectivity index (χ0) is 22.4. The van der Waals surface area contributed by atoms with Crippen molar-refractivity contribution in [1.82, 2.24) is 10.5 Å². The summed E-state index contributed by atoms with van der Waals surface area (Å²) in [5.74, 6) is -1.77. The van der Waals surface area contributed by atoms with E-state index in [1.165, 1.54) is 7.11 Å². The second-order valence-electron chi connectivity index (χ2n) is 7.32. The minimum absolute atomic E-state index is 0.00569. The van der Waals surface area contributed by atoms with Crippen molar-refractivity contribution in [2.24, 2.45) is 0 Å². The first-order chi connectivity index (χ1) is 15.0. The van der Waals surface area contributed by atoms with Gasteiger partial charge in [0.1, 0.15) is 11.7 Å². The van der Waals surface area contributed by atoms with Crippen molar-refractivity contribution in [2.75, 3.05) is 13.7 Å². The van der Waals surface area contributed by atoms with Crippen molar-refractivity contribution in [3.63, 3.8) is 0 Å². The number of benzene rings is 1. The SMILES string of the molecule is CCCCCC1OC(=O)C(C(=O)NOC)=C1c1[nH]c2ccccc2c1CC(=O)OCC. The number of ether oxygens (including phenoxy) is 2. The first kappa shape index (κ1) is 22.6. The summed E-state index contributed by atoms with van der Waals surface area (Å²) in [5.41, 5.74) is 4.57. The molecule has 2 aromatic rings. The zero-order valence-corrected chi connectivity index (χ0v) is 18.1. The van der Waals surface area contributed by atoms with E-state index < -0.39 is 18.0 Å². The number of carbonyl (C=O) groups excluding carboxylic acids is 3. The normalized spacial score (nSPS) is 16.0. The Bertz CT molecular complexity index is 1010. The van der Waals surface area contributed by atoms with Crippen molar-refractivity contribution in [2.45, 2.75) is 52.1 Å². The molecule has 8 nitrogen and oxygen atoms in total. The Kier molecular flexibility index (Phi) is 7.46. The maximum atomic E-state index is 12.7. The lowest BCUT2D eigenvalue weighted by atomic mass is 9.93.